The van der Waals surface area contributed by atoms with Gasteiger partial charge < -0.3 is 10.6 Å². The van der Waals surface area contributed by atoms with Crippen molar-refractivity contribution in [2.45, 2.75) is 64.3 Å². The smallest absolute Gasteiger partial charge is 0.252 e. The minimum atomic E-state index is -0.528. The zero-order valence-corrected chi connectivity index (χ0v) is 21.0. The van der Waals surface area contributed by atoms with Crippen molar-refractivity contribution in [3.8, 4) is 0 Å². The van der Waals surface area contributed by atoms with Gasteiger partial charge in [-0.1, -0.05) is 0 Å². The number of fused-ring (bicyclic) bond motifs is 1. The molecule has 3 heterocycles. The van der Waals surface area contributed by atoms with Gasteiger partial charge in [0.15, 0.2) is 0 Å². The number of nitrogens with zero attached hydrogens (tertiary/aromatic N) is 4. The molecule has 0 unspecified atom stereocenters. The molecule has 10 heteroatoms. The quantitative estimate of drug-likeness (QED) is 0.418. The molecule has 0 spiro atoms. The molecule has 0 bridgehead atoms. The molecule has 8 nitrogen and oxygen atoms in total. The van der Waals surface area contributed by atoms with Gasteiger partial charge in [-0.3, -0.25) is 14.2 Å². The van der Waals surface area contributed by atoms with Crippen LogP contribution in [-0.4, -0.2) is 38.0 Å². The Morgan fingerprint density at radius 3 is 2.78 bits per heavy atom. The molecule has 2 N–H and O–H groups in total. The van der Waals surface area contributed by atoms with E-state index in [1.807, 2.05) is 4.57 Å². The summed E-state index contributed by atoms with van der Waals surface area (Å²) in [4.78, 5) is 32.0. The number of thiophene rings is 1. The van der Waals surface area contributed by atoms with Gasteiger partial charge in [0.2, 0.25) is 11.9 Å². The normalized spacial score (nSPS) is 19.1. The van der Waals surface area contributed by atoms with Crippen molar-refractivity contribution in [1.29, 1.82) is 0 Å². The molecule has 3 aliphatic rings. The Labute approximate surface area is 212 Å². The minimum absolute atomic E-state index is 0.0474. The van der Waals surface area contributed by atoms with Crippen LogP contribution in [0.1, 0.15) is 69.5 Å². The van der Waals surface area contributed by atoms with Crippen LogP contribution in [0.3, 0.4) is 0 Å². The number of halogens is 1. The van der Waals surface area contributed by atoms with Crippen LogP contribution in [0.5, 0.6) is 0 Å². The lowest BCUT2D eigenvalue weighted by Crippen LogP contribution is -2.28. The lowest BCUT2D eigenvalue weighted by molar-refractivity contribution is -0.119. The van der Waals surface area contributed by atoms with E-state index >= 15 is 0 Å². The second-order valence-electron chi connectivity index (χ2n) is 10.2. The summed E-state index contributed by atoms with van der Waals surface area (Å²) in [7, 11) is 0. The van der Waals surface area contributed by atoms with Crippen LogP contribution in [0.15, 0.2) is 18.5 Å². The zero-order chi connectivity index (χ0) is 24.8. The third kappa shape index (κ3) is 4.78. The highest BCUT2D eigenvalue weighted by Crippen LogP contribution is 2.41. The van der Waals surface area contributed by atoms with Crippen molar-refractivity contribution in [3.05, 3.63) is 51.0 Å². The molecule has 2 saturated carbocycles. The first-order valence-corrected chi connectivity index (χ1v) is 13.5. The topological polar surface area (TPSA) is 102 Å². The number of pyridine rings is 1. The number of aromatic nitrogens is 4. The van der Waals surface area contributed by atoms with Crippen molar-refractivity contribution in [3.63, 3.8) is 0 Å². The van der Waals surface area contributed by atoms with Crippen molar-refractivity contribution >= 4 is 34.7 Å². The monoisotopic (exact) mass is 508 g/mol. The molecule has 188 valence electrons. The van der Waals surface area contributed by atoms with Gasteiger partial charge in [0, 0.05) is 34.7 Å². The van der Waals surface area contributed by atoms with E-state index in [1.165, 1.54) is 23.8 Å². The summed E-state index contributed by atoms with van der Waals surface area (Å²) < 4.78 is 15.4. The fourth-order valence-electron chi connectivity index (χ4n) is 4.99. The third-order valence-electron chi connectivity index (χ3n) is 7.42. The number of ketones is 1. The van der Waals surface area contributed by atoms with Crippen LogP contribution in [0.2, 0.25) is 0 Å². The lowest BCUT2D eigenvalue weighted by atomic mass is 9.90. The highest BCUT2D eigenvalue weighted by Gasteiger charge is 2.35. The van der Waals surface area contributed by atoms with E-state index in [0.717, 1.165) is 41.7 Å². The number of hydrogen-bond donors (Lipinski definition) is 2. The minimum Gasteiger partial charge on any atom is -0.352 e. The predicted molar refractivity (Wildman–Crippen MR) is 134 cm³/mol. The van der Waals surface area contributed by atoms with E-state index in [4.69, 9.17) is 0 Å². The van der Waals surface area contributed by atoms with Gasteiger partial charge in [-0.25, -0.2) is 4.98 Å². The molecule has 0 radical (unpaired) electrons. The van der Waals surface area contributed by atoms with Crippen molar-refractivity contribution in [1.82, 2.24) is 25.1 Å². The second kappa shape index (κ2) is 9.38. The van der Waals surface area contributed by atoms with Gasteiger partial charge in [-0.05, 0) is 75.5 Å². The maximum Gasteiger partial charge on any atom is 0.252 e. The number of amides is 1. The summed E-state index contributed by atoms with van der Waals surface area (Å²) in [5, 5.41) is 14.7. The summed E-state index contributed by atoms with van der Waals surface area (Å²) in [5.41, 5.74) is 2.98. The Bertz CT molecular complexity index is 1330. The largest absolute Gasteiger partial charge is 0.352 e. The number of aryl methyl sites for hydroxylation is 2. The first kappa shape index (κ1) is 23.3. The Balaban J connectivity index is 1.27. The Hall–Kier alpha value is -3.14. The van der Waals surface area contributed by atoms with Crippen molar-refractivity contribution < 1.29 is 14.0 Å². The average molecular weight is 509 g/mol. The fraction of sp³-hybridized carbons (Fsp3) is 0.500. The zero-order valence-electron chi connectivity index (χ0n) is 20.2. The Kier molecular flexibility index (Phi) is 6.07. The SMILES string of the molecule is Cc1nc(F)ccc1Nc1nncn1[C@H]1CCc2sc(CC(=O)C3CC3)c(C(=O)NCC3CC3)c2C1. The maximum atomic E-state index is 13.4. The molecule has 3 aromatic rings. The van der Waals surface area contributed by atoms with Crippen LogP contribution in [0, 0.1) is 24.7 Å². The summed E-state index contributed by atoms with van der Waals surface area (Å²) >= 11 is 1.64. The van der Waals surface area contributed by atoms with E-state index < -0.39 is 5.95 Å². The fourth-order valence-corrected chi connectivity index (χ4v) is 6.34. The van der Waals surface area contributed by atoms with Crippen LogP contribution < -0.4 is 10.6 Å². The average Bonchev–Trinajstić information content (AvgIpc) is 3.78. The Morgan fingerprint density at radius 2 is 2.03 bits per heavy atom. The van der Waals surface area contributed by atoms with Gasteiger partial charge in [0.25, 0.3) is 5.91 Å². The second-order valence-corrected chi connectivity index (χ2v) is 11.4. The van der Waals surface area contributed by atoms with Crippen LogP contribution >= 0.6 is 11.3 Å². The third-order valence-corrected chi connectivity index (χ3v) is 8.71. The molecule has 1 amide bonds. The number of carbonyl (C=O) groups is 2. The number of hydrogen-bond acceptors (Lipinski definition) is 7. The predicted octanol–water partition coefficient (Wildman–Crippen LogP) is 4.32. The van der Waals surface area contributed by atoms with Crippen LogP contribution in [0.4, 0.5) is 16.0 Å². The van der Waals surface area contributed by atoms with Gasteiger partial charge in [-0.15, -0.1) is 21.5 Å². The molecular weight excluding hydrogens is 479 g/mol. The molecular formula is C26H29FN6O2S. The highest BCUT2D eigenvalue weighted by molar-refractivity contribution is 7.12. The standard InChI is InChI=1S/C26H29FN6O2S/c1-14-19(7-9-23(27)30-14)31-26-32-29-13-33(26)17-6-8-21-18(10-17)24(25(35)28-12-15-2-3-15)22(36-21)11-20(34)16-4-5-16/h7,9,13,15-17H,2-6,8,10-12H2,1H3,(H,28,35)(H,31,32)/t17-/m0/s1. The van der Waals surface area contributed by atoms with Gasteiger partial charge in [-0.2, -0.15) is 4.39 Å². The number of Topliss-reactive ketones (excluding diaryl/α,β-unsaturated/α-hetero) is 1. The van der Waals surface area contributed by atoms with E-state index in [1.54, 1.807) is 30.7 Å². The first-order valence-electron chi connectivity index (χ1n) is 12.7. The summed E-state index contributed by atoms with van der Waals surface area (Å²) in [6, 6.07) is 3.01. The molecule has 3 aliphatic carbocycles. The molecule has 6 rings (SSSR count). The number of rotatable bonds is 9. The molecule has 1 atom stereocenters. The maximum absolute atomic E-state index is 13.4. The highest BCUT2D eigenvalue weighted by atomic mass is 32.1. The summed E-state index contributed by atoms with van der Waals surface area (Å²) in [6.07, 6.45) is 8.72. The summed E-state index contributed by atoms with van der Waals surface area (Å²) in [6.45, 7) is 2.44. The van der Waals surface area contributed by atoms with E-state index in [2.05, 4.69) is 25.8 Å². The van der Waals surface area contributed by atoms with E-state index in [0.29, 0.717) is 42.6 Å². The van der Waals surface area contributed by atoms with Crippen molar-refractivity contribution in [2.75, 3.05) is 11.9 Å². The molecule has 0 aromatic carbocycles. The van der Waals surface area contributed by atoms with Crippen LogP contribution in [0.25, 0.3) is 0 Å². The molecule has 2 fully saturated rings. The number of anilines is 2. The van der Waals surface area contributed by atoms with Crippen LogP contribution in [-0.2, 0) is 24.1 Å². The molecule has 0 saturated heterocycles. The van der Waals surface area contributed by atoms with Gasteiger partial charge in [0.05, 0.1) is 16.9 Å². The lowest BCUT2D eigenvalue weighted by Gasteiger charge is -2.25. The van der Waals surface area contributed by atoms with Gasteiger partial charge in [0.1, 0.15) is 12.1 Å². The number of carbonyl (C=O) groups excluding carboxylic acids is 2. The molecule has 0 aliphatic heterocycles. The summed E-state index contributed by atoms with van der Waals surface area (Å²) in [5.74, 6) is 1.00. The molecule has 3 aromatic heterocycles. The Morgan fingerprint density at radius 1 is 1.19 bits per heavy atom. The number of nitrogens with one attached hydrogen (secondary N) is 2. The van der Waals surface area contributed by atoms with E-state index in [-0.39, 0.29) is 23.7 Å². The molecule has 36 heavy (non-hydrogen) atoms. The van der Waals surface area contributed by atoms with E-state index in [9.17, 15) is 14.0 Å². The van der Waals surface area contributed by atoms with Crippen molar-refractivity contribution in [2.24, 2.45) is 11.8 Å². The van der Waals surface area contributed by atoms with Gasteiger partial charge >= 0.3 is 0 Å². The first-order chi connectivity index (χ1) is 17.5.